The number of aromatic nitrogens is 1. The first-order valence-corrected chi connectivity index (χ1v) is 14.1. The van der Waals surface area contributed by atoms with Crippen molar-refractivity contribution in [3.05, 3.63) is 82.9 Å². The molecule has 2 aliphatic heterocycles. The number of ketones is 1. The zero-order valence-electron chi connectivity index (χ0n) is 22.3. The van der Waals surface area contributed by atoms with Crippen molar-refractivity contribution in [2.45, 2.75) is 39.3 Å². The van der Waals surface area contributed by atoms with Crippen molar-refractivity contribution < 1.29 is 28.9 Å². The van der Waals surface area contributed by atoms with Crippen molar-refractivity contribution in [3.63, 3.8) is 0 Å². The number of amides is 1. The SMILES string of the molecule is CCOc1cccc([C@H]2C(=C(O)c3ccc4c(c3)C[C@H](C)O4)C(=O)C(=O)N2c2nc3ccc(OCC)cc3s2)c1. The van der Waals surface area contributed by atoms with E-state index in [0.29, 0.717) is 52.9 Å². The van der Waals surface area contributed by atoms with Crippen LogP contribution in [-0.2, 0) is 16.0 Å². The number of benzene rings is 3. The maximum absolute atomic E-state index is 13.6. The van der Waals surface area contributed by atoms with E-state index in [4.69, 9.17) is 19.2 Å². The average molecular weight is 557 g/mol. The molecule has 2 aliphatic rings. The first-order chi connectivity index (χ1) is 19.4. The Balaban J connectivity index is 1.51. The van der Waals surface area contributed by atoms with E-state index in [0.717, 1.165) is 16.0 Å². The van der Waals surface area contributed by atoms with E-state index >= 15 is 0 Å². The van der Waals surface area contributed by atoms with Gasteiger partial charge in [0.2, 0.25) is 0 Å². The molecule has 40 heavy (non-hydrogen) atoms. The summed E-state index contributed by atoms with van der Waals surface area (Å²) in [5.41, 5.74) is 2.70. The molecule has 1 N–H and O–H groups in total. The number of Topliss-reactive ketones (excluding diaryl/α,β-unsaturated/α-hetero) is 1. The number of hydrogen-bond acceptors (Lipinski definition) is 8. The van der Waals surface area contributed by atoms with Crippen LogP contribution in [0.4, 0.5) is 5.13 Å². The third kappa shape index (κ3) is 4.46. The lowest BCUT2D eigenvalue weighted by Crippen LogP contribution is -2.29. The minimum absolute atomic E-state index is 0.000163. The number of carbonyl (C=O) groups excluding carboxylic acids is 2. The smallest absolute Gasteiger partial charge is 0.301 e. The minimum Gasteiger partial charge on any atom is -0.507 e. The highest BCUT2D eigenvalue weighted by molar-refractivity contribution is 7.22. The van der Waals surface area contributed by atoms with E-state index in [1.54, 1.807) is 24.3 Å². The lowest BCUT2D eigenvalue weighted by Gasteiger charge is -2.23. The number of rotatable bonds is 7. The third-order valence-corrected chi connectivity index (χ3v) is 7.98. The molecule has 1 saturated heterocycles. The Morgan fingerprint density at radius 3 is 2.60 bits per heavy atom. The monoisotopic (exact) mass is 556 g/mol. The van der Waals surface area contributed by atoms with Crippen LogP contribution in [0.25, 0.3) is 16.0 Å². The number of carbonyl (C=O) groups is 2. The quantitative estimate of drug-likeness (QED) is 0.168. The lowest BCUT2D eigenvalue weighted by atomic mass is 9.94. The van der Waals surface area contributed by atoms with Crippen LogP contribution in [0.2, 0.25) is 0 Å². The number of aliphatic hydroxyl groups is 1. The van der Waals surface area contributed by atoms with Gasteiger partial charge in [0.25, 0.3) is 5.78 Å². The van der Waals surface area contributed by atoms with Crippen LogP contribution in [0.1, 0.15) is 43.5 Å². The summed E-state index contributed by atoms with van der Waals surface area (Å²) in [7, 11) is 0. The normalized spacial score (nSPS) is 19.6. The molecule has 0 radical (unpaired) electrons. The fourth-order valence-corrected chi connectivity index (χ4v) is 6.28. The second-order valence-electron chi connectivity index (χ2n) is 9.69. The van der Waals surface area contributed by atoms with Gasteiger partial charge in [-0.3, -0.25) is 14.5 Å². The van der Waals surface area contributed by atoms with E-state index < -0.39 is 17.7 Å². The van der Waals surface area contributed by atoms with Crippen LogP contribution in [0.15, 0.2) is 66.2 Å². The van der Waals surface area contributed by atoms with Crippen LogP contribution in [-0.4, -0.2) is 41.1 Å². The molecule has 0 spiro atoms. The molecule has 3 heterocycles. The number of thiazole rings is 1. The molecule has 6 rings (SSSR count). The highest BCUT2D eigenvalue weighted by Crippen LogP contribution is 2.45. The van der Waals surface area contributed by atoms with Crippen molar-refractivity contribution in [1.82, 2.24) is 4.98 Å². The standard InChI is InChI=1S/C31H28N2O6S/c1-4-37-21-8-6-7-18(15-21)27-26(28(34)19-9-12-24-20(14-19)13-17(3)39-24)29(35)30(36)33(27)31-32-23-11-10-22(38-5-2)16-25(23)40-31/h6-12,14-17,27,34H,4-5,13H2,1-3H3/t17-,27-/m0/s1. The van der Waals surface area contributed by atoms with Gasteiger partial charge in [0.05, 0.1) is 35.0 Å². The van der Waals surface area contributed by atoms with Gasteiger partial charge < -0.3 is 19.3 Å². The summed E-state index contributed by atoms with van der Waals surface area (Å²) in [6, 6.07) is 17.2. The Labute approximate surface area is 235 Å². The van der Waals surface area contributed by atoms with Crippen molar-refractivity contribution in [2.24, 2.45) is 0 Å². The van der Waals surface area contributed by atoms with Crippen LogP contribution >= 0.6 is 11.3 Å². The van der Waals surface area contributed by atoms with Gasteiger partial charge in [-0.1, -0.05) is 23.5 Å². The molecule has 204 valence electrons. The van der Waals surface area contributed by atoms with E-state index in [9.17, 15) is 14.7 Å². The summed E-state index contributed by atoms with van der Waals surface area (Å²) in [5, 5.41) is 11.9. The largest absolute Gasteiger partial charge is 0.507 e. The summed E-state index contributed by atoms with van der Waals surface area (Å²) in [4.78, 5) is 33.4. The molecular formula is C31H28N2O6S. The number of anilines is 1. The second kappa shape index (κ2) is 10.3. The summed E-state index contributed by atoms with van der Waals surface area (Å²) in [5.74, 6) is 0.281. The molecule has 0 bridgehead atoms. The Bertz CT molecular complexity index is 1680. The molecule has 1 fully saturated rings. The molecule has 1 amide bonds. The Morgan fingerprint density at radius 1 is 1.05 bits per heavy atom. The molecule has 4 aromatic rings. The van der Waals surface area contributed by atoms with Gasteiger partial charge in [-0.25, -0.2) is 4.98 Å². The number of nitrogens with zero attached hydrogens (tertiary/aromatic N) is 2. The fourth-order valence-electron chi connectivity index (χ4n) is 5.26. The predicted octanol–water partition coefficient (Wildman–Crippen LogP) is 6.04. The summed E-state index contributed by atoms with van der Waals surface area (Å²) < 4.78 is 18.0. The Morgan fingerprint density at radius 2 is 1.82 bits per heavy atom. The first kappa shape index (κ1) is 25.9. The van der Waals surface area contributed by atoms with Gasteiger partial charge >= 0.3 is 5.91 Å². The molecule has 8 nitrogen and oxygen atoms in total. The van der Waals surface area contributed by atoms with Gasteiger partial charge in [-0.2, -0.15) is 0 Å². The number of fused-ring (bicyclic) bond motifs is 2. The summed E-state index contributed by atoms with van der Waals surface area (Å²) in [6.45, 7) is 6.75. The van der Waals surface area contributed by atoms with Crippen LogP contribution in [0.3, 0.4) is 0 Å². The second-order valence-corrected chi connectivity index (χ2v) is 10.7. The van der Waals surface area contributed by atoms with Crippen LogP contribution < -0.4 is 19.1 Å². The van der Waals surface area contributed by atoms with Gasteiger partial charge in [0.15, 0.2) is 5.13 Å². The maximum Gasteiger partial charge on any atom is 0.301 e. The first-order valence-electron chi connectivity index (χ1n) is 13.2. The zero-order valence-corrected chi connectivity index (χ0v) is 23.2. The van der Waals surface area contributed by atoms with Crippen molar-refractivity contribution in [2.75, 3.05) is 18.1 Å². The number of aliphatic hydroxyl groups excluding tert-OH is 1. The number of ether oxygens (including phenoxy) is 3. The molecular weight excluding hydrogens is 528 g/mol. The van der Waals surface area contributed by atoms with Crippen molar-refractivity contribution in [3.8, 4) is 17.2 Å². The van der Waals surface area contributed by atoms with Gasteiger partial charge in [0.1, 0.15) is 29.1 Å². The molecule has 3 aromatic carbocycles. The predicted molar refractivity (Wildman–Crippen MR) is 153 cm³/mol. The fraction of sp³-hybridized carbons (Fsp3) is 0.258. The van der Waals surface area contributed by atoms with Crippen LogP contribution in [0.5, 0.6) is 17.2 Å². The minimum atomic E-state index is -0.907. The van der Waals surface area contributed by atoms with E-state index in [2.05, 4.69) is 0 Å². The van der Waals surface area contributed by atoms with E-state index in [1.165, 1.54) is 16.2 Å². The van der Waals surface area contributed by atoms with E-state index in [-0.39, 0.29) is 17.4 Å². The van der Waals surface area contributed by atoms with Gasteiger partial charge in [0, 0.05) is 12.0 Å². The molecule has 9 heteroatoms. The molecule has 1 aromatic heterocycles. The number of hydrogen-bond donors (Lipinski definition) is 1. The average Bonchev–Trinajstić information content (AvgIpc) is 3.61. The van der Waals surface area contributed by atoms with Gasteiger partial charge in [-0.15, -0.1) is 0 Å². The summed E-state index contributed by atoms with van der Waals surface area (Å²) in [6.07, 6.45) is 0.724. The van der Waals surface area contributed by atoms with Crippen molar-refractivity contribution in [1.29, 1.82) is 0 Å². The molecule has 2 atom stereocenters. The van der Waals surface area contributed by atoms with E-state index in [1.807, 2.05) is 57.2 Å². The topological polar surface area (TPSA) is 98.2 Å². The lowest BCUT2D eigenvalue weighted by molar-refractivity contribution is -0.132. The summed E-state index contributed by atoms with van der Waals surface area (Å²) >= 11 is 1.29. The molecule has 0 unspecified atom stereocenters. The molecule has 0 aliphatic carbocycles. The highest BCUT2D eigenvalue weighted by atomic mass is 32.1. The molecule has 0 saturated carbocycles. The highest BCUT2D eigenvalue weighted by Gasteiger charge is 2.48. The van der Waals surface area contributed by atoms with Crippen LogP contribution in [0, 0.1) is 0 Å². The van der Waals surface area contributed by atoms with Crippen molar-refractivity contribution >= 4 is 44.1 Å². The third-order valence-electron chi connectivity index (χ3n) is 6.96. The maximum atomic E-state index is 13.6. The zero-order chi connectivity index (χ0) is 28.0. The van der Waals surface area contributed by atoms with Gasteiger partial charge in [-0.05, 0) is 80.4 Å². The Kier molecular flexibility index (Phi) is 6.67. The Hall–Kier alpha value is -4.37.